The second kappa shape index (κ2) is 6.87. The van der Waals surface area contributed by atoms with Gasteiger partial charge in [-0.15, -0.1) is 0 Å². The molecular formula is C16H25BrN2. The highest BCUT2D eigenvalue weighted by Crippen LogP contribution is 2.22. The predicted octanol–water partition coefficient (Wildman–Crippen LogP) is 3.66. The van der Waals surface area contributed by atoms with Gasteiger partial charge >= 0.3 is 0 Å². The zero-order chi connectivity index (χ0) is 13.8. The first-order chi connectivity index (χ1) is 9.06. The zero-order valence-electron chi connectivity index (χ0n) is 12.2. The third kappa shape index (κ3) is 4.30. The monoisotopic (exact) mass is 324 g/mol. The van der Waals surface area contributed by atoms with Crippen LogP contribution in [0.1, 0.15) is 32.8 Å². The van der Waals surface area contributed by atoms with Crippen LogP contribution in [0.2, 0.25) is 0 Å². The SMILES string of the molecule is CC(C)CC1CNC(C)CN1Cc1ccccc1Br. The van der Waals surface area contributed by atoms with Gasteiger partial charge in [-0.25, -0.2) is 0 Å². The summed E-state index contributed by atoms with van der Waals surface area (Å²) in [6.07, 6.45) is 1.27. The van der Waals surface area contributed by atoms with E-state index in [1.807, 2.05) is 0 Å². The van der Waals surface area contributed by atoms with E-state index in [0.29, 0.717) is 12.1 Å². The van der Waals surface area contributed by atoms with Gasteiger partial charge in [-0.05, 0) is 30.9 Å². The number of halogens is 1. The molecule has 19 heavy (non-hydrogen) atoms. The molecule has 2 nitrogen and oxygen atoms in total. The molecule has 0 amide bonds. The Bertz CT molecular complexity index is 405. The molecule has 0 aliphatic carbocycles. The second-order valence-electron chi connectivity index (χ2n) is 6.11. The Kier molecular flexibility index (Phi) is 5.43. The Balaban J connectivity index is 2.07. The van der Waals surface area contributed by atoms with Crippen molar-refractivity contribution in [3.8, 4) is 0 Å². The summed E-state index contributed by atoms with van der Waals surface area (Å²) in [5.74, 6) is 0.752. The highest BCUT2D eigenvalue weighted by atomic mass is 79.9. The molecule has 1 aromatic rings. The molecule has 3 heteroatoms. The normalized spacial score (nSPS) is 24.9. The molecule has 106 valence electrons. The topological polar surface area (TPSA) is 15.3 Å². The average molecular weight is 325 g/mol. The van der Waals surface area contributed by atoms with Gasteiger partial charge in [0.25, 0.3) is 0 Å². The van der Waals surface area contributed by atoms with Crippen LogP contribution in [0.3, 0.4) is 0 Å². The summed E-state index contributed by atoms with van der Waals surface area (Å²) in [6.45, 7) is 10.2. The summed E-state index contributed by atoms with van der Waals surface area (Å²) in [6, 6.07) is 9.82. The van der Waals surface area contributed by atoms with Crippen LogP contribution >= 0.6 is 15.9 Å². The van der Waals surface area contributed by atoms with E-state index in [1.165, 1.54) is 16.5 Å². The Morgan fingerprint density at radius 2 is 2.11 bits per heavy atom. The van der Waals surface area contributed by atoms with E-state index in [2.05, 4.69) is 71.2 Å². The molecular weight excluding hydrogens is 300 g/mol. The van der Waals surface area contributed by atoms with E-state index in [0.717, 1.165) is 25.6 Å². The predicted molar refractivity (Wildman–Crippen MR) is 85.3 cm³/mol. The fourth-order valence-corrected chi connectivity index (χ4v) is 3.26. The standard InChI is InChI=1S/C16H25BrN2/c1-12(2)8-15-9-18-13(3)10-19(15)11-14-6-4-5-7-16(14)17/h4-7,12-13,15,18H,8-11H2,1-3H3. The van der Waals surface area contributed by atoms with Crippen LogP contribution in [-0.2, 0) is 6.54 Å². The van der Waals surface area contributed by atoms with E-state index in [9.17, 15) is 0 Å². The van der Waals surface area contributed by atoms with Crippen molar-refractivity contribution in [3.05, 3.63) is 34.3 Å². The molecule has 1 aliphatic heterocycles. The maximum atomic E-state index is 3.67. The van der Waals surface area contributed by atoms with Crippen molar-refractivity contribution >= 4 is 15.9 Å². The molecule has 1 aromatic carbocycles. The molecule has 1 fully saturated rings. The summed E-state index contributed by atoms with van der Waals surface area (Å²) in [4.78, 5) is 2.64. The quantitative estimate of drug-likeness (QED) is 0.909. The number of nitrogens with one attached hydrogen (secondary N) is 1. The lowest BCUT2D eigenvalue weighted by atomic mass is 9.98. The molecule has 2 atom stereocenters. The van der Waals surface area contributed by atoms with Gasteiger partial charge in [0.1, 0.15) is 0 Å². The fraction of sp³-hybridized carbons (Fsp3) is 0.625. The molecule has 1 saturated heterocycles. The van der Waals surface area contributed by atoms with Gasteiger partial charge in [0.15, 0.2) is 0 Å². The summed E-state index contributed by atoms with van der Waals surface area (Å²) in [5.41, 5.74) is 1.39. The minimum atomic E-state index is 0.589. The van der Waals surface area contributed by atoms with Gasteiger partial charge in [-0.1, -0.05) is 48.0 Å². The number of rotatable bonds is 4. The number of nitrogens with zero attached hydrogens (tertiary/aromatic N) is 1. The zero-order valence-corrected chi connectivity index (χ0v) is 13.8. The molecule has 1 heterocycles. The molecule has 0 saturated carbocycles. The maximum absolute atomic E-state index is 3.67. The van der Waals surface area contributed by atoms with Crippen molar-refractivity contribution in [1.29, 1.82) is 0 Å². The number of hydrogen-bond acceptors (Lipinski definition) is 2. The lowest BCUT2D eigenvalue weighted by Crippen LogP contribution is -2.55. The summed E-state index contributed by atoms with van der Waals surface area (Å²) in [5, 5.41) is 3.61. The Labute approximate surface area is 125 Å². The van der Waals surface area contributed by atoms with E-state index >= 15 is 0 Å². The highest BCUT2D eigenvalue weighted by molar-refractivity contribution is 9.10. The van der Waals surface area contributed by atoms with Crippen LogP contribution in [0.5, 0.6) is 0 Å². The maximum Gasteiger partial charge on any atom is 0.0249 e. The third-order valence-corrected chi connectivity index (χ3v) is 4.58. The van der Waals surface area contributed by atoms with E-state index < -0.39 is 0 Å². The largest absolute Gasteiger partial charge is 0.311 e. The van der Waals surface area contributed by atoms with Crippen LogP contribution in [0.4, 0.5) is 0 Å². The van der Waals surface area contributed by atoms with Crippen LogP contribution in [0.15, 0.2) is 28.7 Å². The Hall–Kier alpha value is -0.380. The van der Waals surface area contributed by atoms with Crippen molar-refractivity contribution in [2.45, 2.75) is 45.8 Å². The lowest BCUT2D eigenvalue weighted by molar-refractivity contribution is 0.111. The summed E-state index contributed by atoms with van der Waals surface area (Å²) >= 11 is 3.67. The number of hydrogen-bond donors (Lipinski definition) is 1. The number of piperazine rings is 1. The van der Waals surface area contributed by atoms with Gasteiger partial charge in [-0.2, -0.15) is 0 Å². The second-order valence-corrected chi connectivity index (χ2v) is 6.97. The smallest absolute Gasteiger partial charge is 0.0249 e. The lowest BCUT2D eigenvalue weighted by Gasteiger charge is -2.40. The molecule has 2 unspecified atom stereocenters. The van der Waals surface area contributed by atoms with Crippen molar-refractivity contribution in [3.63, 3.8) is 0 Å². The molecule has 0 aromatic heterocycles. The summed E-state index contributed by atoms with van der Waals surface area (Å²) in [7, 11) is 0. The third-order valence-electron chi connectivity index (χ3n) is 3.80. The molecule has 0 spiro atoms. The van der Waals surface area contributed by atoms with Crippen molar-refractivity contribution < 1.29 is 0 Å². The first-order valence-corrected chi connectivity index (χ1v) is 8.06. The highest BCUT2D eigenvalue weighted by Gasteiger charge is 2.26. The minimum absolute atomic E-state index is 0.589. The van der Waals surface area contributed by atoms with Gasteiger partial charge in [0, 0.05) is 36.2 Å². The van der Waals surface area contributed by atoms with Gasteiger partial charge < -0.3 is 5.32 Å². The molecule has 0 radical (unpaired) electrons. The fourth-order valence-electron chi connectivity index (χ4n) is 2.85. The Morgan fingerprint density at radius 3 is 2.79 bits per heavy atom. The van der Waals surface area contributed by atoms with Crippen molar-refractivity contribution in [2.75, 3.05) is 13.1 Å². The van der Waals surface area contributed by atoms with Crippen LogP contribution in [0.25, 0.3) is 0 Å². The van der Waals surface area contributed by atoms with Crippen LogP contribution < -0.4 is 5.32 Å². The van der Waals surface area contributed by atoms with Crippen LogP contribution in [0, 0.1) is 5.92 Å². The molecule has 0 bridgehead atoms. The molecule has 1 N–H and O–H groups in total. The van der Waals surface area contributed by atoms with Crippen LogP contribution in [-0.4, -0.2) is 30.1 Å². The van der Waals surface area contributed by atoms with E-state index in [4.69, 9.17) is 0 Å². The Morgan fingerprint density at radius 1 is 1.37 bits per heavy atom. The van der Waals surface area contributed by atoms with Gasteiger partial charge in [-0.3, -0.25) is 4.90 Å². The van der Waals surface area contributed by atoms with E-state index in [-0.39, 0.29) is 0 Å². The first-order valence-electron chi connectivity index (χ1n) is 7.27. The number of benzene rings is 1. The van der Waals surface area contributed by atoms with Gasteiger partial charge in [0.2, 0.25) is 0 Å². The van der Waals surface area contributed by atoms with Crippen molar-refractivity contribution in [1.82, 2.24) is 10.2 Å². The average Bonchev–Trinajstić information content (AvgIpc) is 2.35. The first kappa shape index (κ1) is 15.0. The molecule has 2 rings (SSSR count). The van der Waals surface area contributed by atoms with Crippen molar-refractivity contribution in [2.24, 2.45) is 5.92 Å². The minimum Gasteiger partial charge on any atom is -0.311 e. The molecule has 1 aliphatic rings. The van der Waals surface area contributed by atoms with Gasteiger partial charge in [0.05, 0.1) is 0 Å². The summed E-state index contributed by atoms with van der Waals surface area (Å²) < 4.78 is 1.23. The van der Waals surface area contributed by atoms with E-state index in [1.54, 1.807) is 0 Å².